The number of thiophene rings is 1. The molecule has 3 aromatic rings. The van der Waals surface area contributed by atoms with Gasteiger partial charge in [0.2, 0.25) is 6.79 Å². The van der Waals surface area contributed by atoms with Crippen molar-refractivity contribution in [3.63, 3.8) is 0 Å². The van der Waals surface area contributed by atoms with E-state index in [2.05, 4.69) is 15.7 Å². The lowest BCUT2D eigenvalue weighted by molar-refractivity contribution is -0.139. The number of rotatable bonds is 6. The third-order valence-corrected chi connectivity index (χ3v) is 5.52. The first kappa shape index (κ1) is 20.0. The number of amides is 2. The zero-order chi connectivity index (χ0) is 21.1. The van der Waals surface area contributed by atoms with Gasteiger partial charge in [-0.05, 0) is 60.0 Å². The molecule has 8 nitrogen and oxygen atoms in total. The van der Waals surface area contributed by atoms with Crippen molar-refractivity contribution in [3.8, 4) is 11.5 Å². The normalized spacial score (nSPS) is 13.1. The van der Waals surface area contributed by atoms with Gasteiger partial charge in [0.05, 0.1) is 11.7 Å². The van der Waals surface area contributed by atoms with Gasteiger partial charge in [0.15, 0.2) is 11.5 Å². The van der Waals surface area contributed by atoms with Gasteiger partial charge in [-0.1, -0.05) is 6.07 Å². The monoisotopic (exact) mass is 426 g/mol. The molecule has 1 unspecified atom stereocenters. The Balaban J connectivity index is 1.36. The maximum absolute atomic E-state index is 12.4. The molecule has 30 heavy (non-hydrogen) atoms. The highest BCUT2D eigenvalue weighted by molar-refractivity contribution is 7.08. The second kappa shape index (κ2) is 8.58. The van der Waals surface area contributed by atoms with Crippen LogP contribution in [0.25, 0.3) is 0 Å². The second-order valence-corrected chi connectivity index (χ2v) is 7.80. The summed E-state index contributed by atoms with van der Waals surface area (Å²) in [6.07, 6.45) is 0. The van der Waals surface area contributed by atoms with Crippen LogP contribution in [0.15, 0.2) is 41.1 Å². The lowest BCUT2D eigenvalue weighted by Gasteiger charge is -2.19. The van der Waals surface area contributed by atoms with Gasteiger partial charge < -0.3 is 20.1 Å². The first-order valence-electron chi connectivity index (χ1n) is 9.50. The SMILES string of the molecule is Cc1cc(C)n(C(CNC(=O)C(=O)NCc2ccc3c(c2)OCO3)c2ccsc2)n1. The Morgan fingerprint density at radius 2 is 1.93 bits per heavy atom. The number of nitrogens with zero attached hydrogens (tertiary/aromatic N) is 2. The Morgan fingerprint density at radius 1 is 1.13 bits per heavy atom. The van der Waals surface area contributed by atoms with Gasteiger partial charge in [0.25, 0.3) is 0 Å². The van der Waals surface area contributed by atoms with Crippen molar-refractivity contribution in [1.29, 1.82) is 0 Å². The number of carbonyl (C=O) groups is 2. The largest absolute Gasteiger partial charge is 0.454 e. The number of ether oxygens (including phenoxy) is 2. The summed E-state index contributed by atoms with van der Waals surface area (Å²) in [7, 11) is 0. The standard InChI is InChI=1S/C21H22N4O4S/c1-13-7-14(2)25(24-13)17(16-5-6-30-11-16)10-23-21(27)20(26)22-9-15-3-4-18-19(8-15)29-12-28-18/h3-8,11,17H,9-10,12H2,1-2H3,(H,22,26)(H,23,27). The fourth-order valence-electron chi connectivity index (χ4n) is 3.35. The zero-order valence-electron chi connectivity index (χ0n) is 16.7. The summed E-state index contributed by atoms with van der Waals surface area (Å²) in [4.78, 5) is 24.6. The molecule has 1 aliphatic rings. The van der Waals surface area contributed by atoms with Crippen molar-refractivity contribution >= 4 is 23.2 Å². The van der Waals surface area contributed by atoms with E-state index in [0.717, 1.165) is 22.5 Å². The highest BCUT2D eigenvalue weighted by Crippen LogP contribution is 2.32. The maximum Gasteiger partial charge on any atom is 0.309 e. The van der Waals surface area contributed by atoms with E-state index in [1.165, 1.54) is 0 Å². The van der Waals surface area contributed by atoms with Crippen LogP contribution in [0.5, 0.6) is 11.5 Å². The molecule has 2 N–H and O–H groups in total. The van der Waals surface area contributed by atoms with Crippen molar-refractivity contribution in [2.75, 3.05) is 13.3 Å². The lowest BCUT2D eigenvalue weighted by atomic mass is 10.1. The highest BCUT2D eigenvalue weighted by atomic mass is 32.1. The Kier molecular flexibility index (Phi) is 5.71. The third kappa shape index (κ3) is 4.30. The first-order chi connectivity index (χ1) is 14.5. The smallest absolute Gasteiger partial charge is 0.309 e. The third-order valence-electron chi connectivity index (χ3n) is 4.82. The minimum absolute atomic E-state index is 0.185. The predicted molar refractivity (Wildman–Crippen MR) is 112 cm³/mol. The number of carbonyl (C=O) groups excluding carboxylic acids is 2. The molecule has 1 aromatic carbocycles. The quantitative estimate of drug-likeness (QED) is 0.590. The molecule has 0 bridgehead atoms. The van der Waals surface area contributed by atoms with Gasteiger partial charge in [-0.2, -0.15) is 16.4 Å². The molecule has 3 heterocycles. The van der Waals surface area contributed by atoms with E-state index < -0.39 is 11.8 Å². The number of benzene rings is 1. The number of hydrogen-bond donors (Lipinski definition) is 2. The van der Waals surface area contributed by atoms with E-state index in [0.29, 0.717) is 11.5 Å². The van der Waals surface area contributed by atoms with E-state index in [-0.39, 0.29) is 25.9 Å². The molecular formula is C21H22N4O4S. The molecule has 2 amide bonds. The number of hydrogen-bond acceptors (Lipinski definition) is 6. The Hall–Kier alpha value is -3.33. The molecular weight excluding hydrogens is 404 g/mol. The summed E-state index contributed by atoms with van der Waals surface area (Å²) in [5.74, 6) is -0.0660. The van der Waals surface area contributed by atoms with Gasteiger partial charge in [-0.25, -0.2) is 0 Å². The minimum Gasteiger partial charge on any atom is -0.454 e. The Labute approximate surface area is 177 Å². The maximum atomic E-state index is 12.4. The van der Waals surface area contributed by atoms with E-state index in [4.69, 9.17) is 9.47 Å². The van der Waals surface area contributed by atoms with Gasteiger partial charge >= 0.3 is 11.8 Å². The van der Waals surface area contributed by atoms with Crippen molar-refractivity contribution in [2.24, 2.45) is 0 Å². The Morgan fingerprint density at radius 3 is 2.67 bits per heavy atom. The molecule has 156 valence electrons. The fourth-order valence-corrected chi connectivity index (χ4v) is 4.06. The number of aromatic nitrogens is 2. The molecule has 0 radical (unpaired) electrons. The van der Waals surface area contributed by atoms with E-state index in [1.807, 2.05) is 47.5 Å². The van der Waals surface area contributed by atoms with Crippen LogP contribution in [0.4, 0.5) is 0 Å². The molecule has 0 saturated heterocycles. The summed E-state index contributed by atoms with van der Waals surface area (Å²) in [5, 5.41) is 13.9. The van der Waals surface area contributed by atoms with Gasteiger partial charge in [0.1, 0.15) is 0 Å². The van der Waals surface area contributed by atoms with Crippen LogP contribution in [-0.2, 0) is 16.1 Å². The van der Waals surface area contributed by atoms with Crippen molar-refractivity contribution in [3.05, 3.63) is 63.6 Å². The summed E-state index contributed by atoms with van der Waals surface area (Å²) in [5.41, 5.74) is 3.75. The van der Waals surface area contributed by atoms with Crippen LogP contribution >= 0.6 is 11.3 Å². The summed E-state index contributed by atoms with van der Waals surface area (Å²) >= 11 is 1.58. The molecule has 2 aromatic heterocycles. The zero-order valence-corrected chi connectivity index (χ0v) is 17.5. The average molecular weight is 426 g/mol. The number of aryl methyl sites for hydroxylation is 2. The molecule has 0 aliphatic carbocycles. The van der Waals surface area contributed by atoms with Crippen molar-refractivity contribution in [1.82, 2.24) is 20.4 Å². The summed E-state index contributed by atoms with van der Waals surface area (Å²) in [6.45, 7) is 4.56. The average Bonchev–Trinajstić information content (AvgIpc) is 3.47. The van der Waals surface area contributed by atoms with E-state index >= 15 is 0 Å². The van der Waals surface area contributed by atoms with Gasteiger partial charge in [-0.3, -0.25) is 14.3 Å². The van der Waals surface area contributed by atoms with Crippen molar-refractivity contribution in [2.45, 2.75) is 26.4 Å². The molecule has 4 rings (SSSR count). The lowest BCUT2D eigenvalue weighted by Crippen LogP contribution is -2.42. The van der Waals surface area contributed by atoms with Crippen LogP contribution in [-0.4, -0.2) is 34.9 Å². The van der Waals surface area contributed by atoms with Crippen LogP contribution in [0.3, 0.4) is 0 Å². The molecule has 0 spiro atoms. The van der Waals surface area contributed by atoms with E-state index in [9.17, 15) is 9.59 Å². The van der Waals surface area contributed by atoms with E-state index in [1.54, 1.807) is 23.5 Å². The number of fused-ring (bicyclic) bond motifs is 1. The van der Waals surface area contributed by atoms with Crippen molar-refractivity contribution < 1.29 is 19.1 Å². The molecule has 9 heteroatoms. The van der Waals surface area contributed by atoms with Crippen LogP contribution < -0.4 is 20.1 Å². The molecule has 1 aliphatic heterocycles. The highest BCUT2D eigenvalue weighted by Gasteiger charge is 2.21. The van der Waals surface area contributed by atoms with Crippen LogP contribution in [0.2, 0.25) is 0 Å². The molecule has 0 saturated carbocycles. The first-order valence-corrected chi connectivity index (χ1v) is 10.4. The molecule has 0 fully saturated rings. The predicted octanol–water partition coefficient (Wildman–Crippen LogP) is 2.31. The number of nitrogens with one attached hydrogen (secondary N) is 2. The van der Waals surface area contributed by atoms with Gasteiger partial charge in [-0.15, -0.1) is 0 Å². The summed E-state index contributed by atoms with van der Waals surface area (Å²) < 4.78 is 12.5. The van der Waals surface area contributed by atoms with Gasteiger partial charge in [0, 0.05) is 18.8 Å². The fraction of sp³-hybridized carbons (Fsp3) is 0.286. The summed E-state index contributed by atoms with van der Waals surface area (Å²) in [6, 6.07) is 9.19. The van der Waals surface area contributed by atoms with Crippen LogP contribution in [0, 0.1) is 13.8 Å². The topological polar surface area (TPSA) is 94.5 Å². The van der Waals surface area contributed by atoms with Crippen LogP contribution in [0.1, 0.15) is 28.6 Å². The minimum atomic E-state index is -0.690. The second-order valence-electron chi connectivity index (χ2n) is 7.02. The molecule has 1 atom stereocenters. The Bertz CT molecular complexity index is 1060.